The fourth-order valence-electron chi connectivity index (χ4n) is 2.89. The number of carbonyl (C=O) groups is 1. The maximum Gasteiger partial charge on any atom is 0.279 e. The zero-order valence-electron chi connectivity index (χ0n) is 16.8. The predicted octanol–water partition coefficient (Wildman–Crippen LogP) is 2.92. The van der Waals surface area contributed by atoms with Crippen LogP contribution in [0, 0.1) is 6.92 Å². The molecule has 0 saturated carbocycles. The Morgan fingerprint density at radius 1 is 1.28 bits per heavy atom. The molecule has 0 bridgehead atoms. The number of likely N-dealkylation sites (N-methyl/N-ethyl adjacent to an activating group) is 1. The monoisotopic (exact) mass is 415 g/mol. The highest BCUT2D eigenvalue weighted by atomic mass is 35.5. The zero-order valence-corrected chi connectivity index (χ0v) is 17.6. The molecule has 2 N–H and O–H groups in total. The minimum atomic E-state index is -0.173. The van der Waals surface area contributed by atoms with Crippen molar-refractivity contribution in [3.05, 3.63) is 58.9 Å². The largest absolute Gasteiger partial charge is 0.495 e. The lowest BCUT2D eigenvalue weighted by atomic mass is 10.1. The van der Waals surface area contributed by atoms with Crippen molar-refractivity contribution in [3.63, 3.8) is 0 Å². The molecule has 0 radical (unpaired) electrons. The Labute approximate surface area is 174 Å². The molecule has 1 unspecified atom stereocenters. The van der Waals surface area contributed by atoms with Crippen molar-refractivity contribution >= 4 is 23.2 Å². The van der Waals surface area contributed by atoms with E-state index in [1.165, 1.54) is 0 Å². The molecule has 0 aliphatic heterocycles. The highest BCUT2D eigenvalue weighted by molar-refractivity contribution is 6.31. The van der Waals surface area contributed by atoms with Crippen molar-refractivity contribution in [3.8, 4) is 17.2 Å². The molecule has 7 nitrogen and oxygen atoms in total. The summed E-state index contributed by atoms with van der Waals surface area (Å²) in [5.41, 5.74) is 2.52. The number of benzene rings is 2. The standard InChI is InChI=1S/C21H23ClN4O3/c1-13-6-5-7-15(10-13)21-25-24-20(29-21)14(2)26(3)12-19(27)23-17-11-16(22)8-9-18(17)28-4/h5-11,14H,12H2,1-4H3,(H,23,27)/p+1/t14-/m0/s1. The SMILES string of the molecule is COc1ccc(Cl)cc1NC(=O)C[NH+](C)[C@@H](C)c1nnc(-c2cccc(C)c2)o1. The summed E-state index contributed by atoms with van der Waals surface area (Å²) in [6, 6.07) is 12.8. The summed E-state index contributed by atoms with van der Waals surface area (Å²) in [6.45, 7) is 4.16. The molecular formula is C21H24ClN4O3+. The van der Waals surface area contributed by atoms with Crippen molar-refractivity contribution < 1.29 is 18.8 Å². The average molecular weight is 416 g/mol. The number of amides is 1. The molecule has 0 aliphatic carbocycles. The molecule has 0 saturated heterocycles. The van der Waals surface area contributed by atoms with Gasteiger partial charge >= 0.3 is 0 Å². The molecule has 1 amide bonds. The van der Waals surface area contributed by atoms with Gasteiger partial charge in [-0.2, -0.15) is 0 Å². The second-order valence-corrected chi connectivity index (χ2v) is 7.39. The first-order valence-electron chi connectivity index (χ1n) is 9.23. The maximum absolute atomic E-state index is 12.5. The van der Waals surface area contributed by atoms with Gasteiger partial charge in [0.05, 0.1) is 19.8 Å². The minimum Gasteiger partial charge on any atom is -0.495 e. The van der Waals surface area contributed by atoms with Crippen LogP contribution in [0.5, 0.6) is 5.75 Å². The molecule has 3 rings (SSSR count). The van der Waals surface area contributed by atoms with E-state index < -0.39 is 0 Å². The number of nitrogens with one attached hydrogen (secondary N) is 2. The van der Waals surface area contributed by atoms with Crippen molar-refractivity contribution in [2.75, 3.05) is 26.0 Å². The van der Waals surface area contributed by atoms with Gasteiger partial charge in [0, 0.05) is 10.6 Å². The average Bonchev–Trinajstić information content (AvgIpc) is 3.17. The molecular weight excluding hydrogens is 392 g/mol. The van der Waals surface area contributed by atoms with Gasteiger partial charge in [-0.05, 0) is 44.2 Å². The van der Waals surface area contributed by atoms with Crippen LogP contribution in [-0.2, 0) is 4.79 Å². The normalized spacial score (nSPS) is 13.0. The van der Waals surface area contributed by atoms with Gasteiger partial charge < -0.3 is 19.4 Å². The van der Waals surface area contributed by atoms with Gasteiger partial charge in [-0.25, -0.2) is 0 Å². The van der Waals surface area contributed by atoms with Gasteiger partial charge in [-0.3, -0.25) is 4.79 Å². The Kier molecular flexibility index (Phi) is 6.51. The molecule has 0 fully saturated rings. The topological polar surface area (TPSA) is 81.7 Å². The predicted molar refractivity (Wildman–Crippen MR) is 111 cm³/mol. The van der Waals surface area contributed by atoms with Gasteiger partial charge in [-0.15, -0.1) is 10.2 Å². The molecule has 0 aliphatic rings. The van der Waals surface area contributed by atoms with Crippen LogP contribution in [0.1, 0.15) is 24.4 Å². The lowest BCUT2D eigenvalue weighted by molar-refractivity contribution is -0.903. The van der Waals surface area contributed by atoms with Crippen LogP contribution in [0.3, 0.4) is 0 Å². The third-order valence-electron chi connectivity index (χ3n) is 4.69. The lowest BCUT2D eigenvalue weighted by Crippen LogP contribution is -3.10. The van der Waals surface area contributed by atoms with Gasteiger partial charge in [-0.1, -0.05) is 29.3 Å². The summed E-state index contributed by atoms with van der Waals surface area (Å²) in [5.74, 6) is 1.32. The van der Waals surface area contributed by atoms with Crippen LogP contribution in [0.25, 0.3) is 11.5 Å². The first kappa shape index (κ1) is 20.8. The Bertz CT molecular complexity index is 1010. The van der Waals surface area contributed by atoms with Gasteiger partial charge in [0.2, 0.25) is 5.89 Å². The number of ether oxygens (including phenoxy) is 1. The van der Waals surface area contributed by atoms with E-state index in [4.69, 9.17) is 20.8 Å². The van der Waals surface area contributed by atoms with Crippen LogP contribution in [0.2, 0.25) is 5.02 Å². The van der Waals surface area contributed by atoms with E-state index in [-0.39, 0.29) is 18.5 Å². The van der Waals surface area contributed by atoms with Crippen LogP contribution < -0.4 is 15.0 Å². The van der Waals surface area contributed by atoms with E-state index in [9.17, 15) is 4.79 Å². The van der Waals surface area contributed by atoms with Gasteiger partial charge in [0.1, 0.15) is 5.75 Å². The third kappa shape index (κ3) is 5.13. The van der Waals surface area contributed by atoms with E-state index in [0.29, 0.717) is 28.2 Å². The van der Waals surface area contributed by atoms with Crippen LogP contribution >= 0.6 is 11.6 Å². The molecule has 2 atom stereocenters. The van der Waals surface area contributed by atoms with Gasteiger partial charge in [0.25, 0.3) is 11.8 Å². The van der Waals surface area contributed by atoms with Crippen molar-refractivity contribution in [1.29, 1.82) is 0 Å². The summed E-state index contributed by atoms with van der Waals surface area (Å²) in [4.78, 5) is 13.4. The number of quaternary nitrogens is 1. The molecule has 0 spiro atoms. The molecule has 8 heteroatoms. The summed E-state index contributed by atoms with van der Waals surface area (Å²) in [6.07, 6.45) is 0. The summed E-state index contributed by atoms with van der Waals surface area (Å²) >= 11 is 6.02. The number of aryl methyl sites for hydroxylation is 1. The first-order valence-corrected chi connectivity index (χ1v) is 9.61. The lowest BCUT2D eigenvalue weighted by Gasteiger charge is -2.18. The Balaban J connectivity index is 1.65. The van der Waals surface area contributed by atoms with Crippen LogP contribution in [0.4, 0.5) is 5.69 Å². The van der Waals surface area contributed by atoms with Crippen LogP contribution in [0.15, 0.2) is 46.9 Å². The molecule has 29 heavy (non-hydrogen) atoms. The Hall–Kier alpha value is -2.90. The van der Waals surface area contributed by atoms with Crippen LogP contribution in [-0.4, -0.2) is 36.8 Å². The number of halogens is 1. The number of anilines is 1. The quantitative estimate of drug-likeness (QED) is 0.620. The minimum absolute atomic E-state index is 0.159. The molecule has 1 aromatic heterocycles. The number of nitrogens with zero attached hydrogens (tertiary/aromatic N) is 2. The molecule has 152 valence electrons. The Morgan fingerprint density at radius 3 is 2.79 bits per heavy atom. The van der Waals surface area contributed by atoms with E-state index in [1.54, 1.807) is 25.3 Å². The van der Waals surface area contributed by atoms with E-state index in [2.05, 4.69) is 15.5 Å². The van der Waals surface area contributed by atoms with Crippen molar-refractivity contribution in [2.24, 2.45) is 0 Å². The number of hydrogen-bond acceptors (Lipinski definition) is 5. The number of rotatable bonds is 7. The number of hydrogen-bond donors (Lipinski definition) is 2. The van der Waals surface area contributed by atoms with Crippen molar-refractivity contribution in [1.82, 2.24) is 10.2 Å². The number of aromatic nitrogens is 2. The molecule has 3 aromatic rings. The second-order valence-electron chi connectivity index (χ2n) is 6.95. The highest BCUT2D eigenvalue weighted by Gasteiger charge is 2.25. The second kappa shape index (κ2) is 9.07. The highest BCUT2D eigenvalue weighted by Crippen LogP contribution is 2.27. The zero-order chi connectivity index (χ0) is 21.0. The first-order chi connectivity index (χ1) is 13.9. The summed E-state index contributed by atoms with van der Waals surface area (Å²) < 4.78 is 11.1. The summed E-state index contributed by atoms with van der Waals surface area (Å²) in [5, 5.41) is 11.7. The number of methoxy groups -OCH3 is 1. The van der Waals surface area contributed by atoms with E-state index in [0.717, 1.165) is 16.0 Å². The third-order valence-corrected chi connectivity index (χ3v) is 4.93. The number of carbonyl (C=O) groups excluding carboxylic acids is 1. The fourth-order valence-corrected chi connectivity index (χ4v) is 3.07. The van der Waals surface area contributed by atoms with Gasteiger partial charge in [0.15, 0.2) is 12.6 Å². The van der Waals surface area contributed by atoms with E-state index >= 15 is 0 Å². The smallest absolute Gasteiger partial charge is 0.279 e. The maximum atomic E-state index is 12.5. The van der Waals surface area contributed by atoms with E-state index in [1.807, 2.05) is 45.2 Å². The molecule has 2 aromatic carbocycles. The molecule has 1 heterocycles. The Morgan fingerprint density at radius 2 is 2.07 bits per heavy atom. The fraction of sp³-hybridized carbons (Fsp3) is 0.286. The summed E-state index contributed by atoms with van der Waals surface area (Å²) in [7, 11) is 3.44. The van der Waals surface area contributed by atoms with Crippen molar-refractivity contribution in [2.45, 2.75) is 19.9 Å².